The second-order valence-corrected chi connectivity index (χ2v) is 4.28. The lowest BCUT2D eigenvalue weighted by atomic mass is 10.2. The van der Waals surface area contributed by atoms with Crippen molar-refractivity contribution in [3.05, 3.63) is 24.0 Å². The molecule has 0 aliphatic rings. The van der Waals surface area contributed by atoms with Crippen molar-refractivity contribution in [3.63, 3.8) is 0 Å². The lowest BCUT2D eigenvalue weighted by Crippen LogP contribution is -2.19. The molecule has 1 N–H and O–H groups in total. The Labute approximate surface area is 110 Å². The molecular weight excluding hydrogens is 273 g/mol. The Morgan fingerprint density at radius 3 is 2.70 bits per heavy atom. The summed E-state index contributed by atoms with van der Waals surface area (Å²) in [5.74, 6) is 0.439. The van der Waals surface area contributed by atoms with Crippen LogP contribution in [0.15, 0.2) is 18.2 Å². The van der Waals surface area contributed by atoms with E-state index in [1.54, 1.807) is 25.1 Å². The van der Waals surface area contributed by atoms with Gasteiger partial charge in [0.1, 0.15) is 23.4 Å². The number of benzene rings is 1. The van der Waals surface area contributed by atoms with Crippen LogP contribution in [-0.4, -0.2) is 36.4 Å². The Morgan fingerprint density at radius 2 is 1.95 bits per heavy atom. The number of rotatable bonds is 2. The van der Waals surface area contributed by atoms with Crippen LogP contribution in [0, 0.1) is 6.92 Å². The van der Waals surface area contributed by atoms with Crippen molar-refractivity contribution in [2.75, 3.05) is 0 Å². The Balaban J connectivity index is 2.08. The minimum absolute atomic E-state index is 0.157. The number of halogens is 3. The maximum atomic E-state index is 12.5. The van der Waals surface area contributed by atoms with Crippen LogP contribution in [0.25, 0.3) is 22.4 Å². The highest BCUT2D eigenvalue weighted by atomic mass is 19.4. The fraction of sp³-hybridized carbons (Fsp3) is 0.273. The number of H-pyrrole nitrogens is 1. The summed E-state index contributed by atoms with van der Waals surface area (Å²) < 4.78 is 38.4. The molecule has 9 heteroatoms. The summed E-state index contributed by atoms with van der Waals surface area (Å²) in [6.07, 6.45) is -4.35. The van der Waals surface area contributed by atoms with Gasteiger partial charge >= 0.3 is 6.18 Å². The molecule has 0 atom stereocenters. The molecule has 3 aromatic rings. The van der Waals surface area contributed by atoms with Gasteiger partial charge in [-0.15, -0.1) is 0 Å². The maximum absolute atomic E-state index is 12.5. The first-order chi connectivity index (χ1) is 9.42. The van der Waals surface area contributed by atoms with Crippen LogP contribution in [0.1, 0.15) is 5.82 Å². The first-order valence-corrected chi connectivity index (χ1v) is 5.71. The van der Waals surface area contributed by atoms with Crippen LogP contribution in [0.4, 0.5) is 13.2 Å². The molecule has 0 saturated heterocycles. The molecule has 0 aliphatic carbocycles. The van der Waals surface area contributed by atoms with E-state index in [1.807, 2.05) is 0 Å². The zero-order valence-electron chi connectivity index (χ0n) is 10.3. The van der Waals surface area contributed by atoms with Crippen molar-refractivity contribution in [1.82, 2.24) is 30.2 Å². The van der Waals surface area contributed by atoms with Crippen LogP contribution < -0.4 is 0 Å². The molecule has 2 aromatic heterocycles. The maximum Gasteiger partial charge on any atom is 0.408 e. The predicted octanol–water partition coefficient (Wildman–Crippen LogP) is 2.09. The fourth-order valence-corrected chi connectivity index (χ4v) is 1.93. The Kier molecular flexibility index (Phi) is 2.70. The first-order valence-electron chi connectivity index (χ1n) is 5.71. The van der Waals surface area contributed by atoms with Gasteiger partial charge in [-0.05, 0) is 25.1 Å². The van der Waals surface area contributed by atoms with Crippen molar-refractivity contribution in [2.45, 2.75) is 19.6 Å². The summed E-state index contributed by atoms with van der Waals surface area (Å²) in [6.45, 7) is 0.366. The van der Waals surface area contributed by atoms with Crippen LogP contribution in [-0.2, 0) is 6.54 Å². The molecule has 0 aliphatic heterocycles. The van der Waals surface area contributed by atoms with E-state index in [9.17, 15) is 13.2 Å². The van der Waals surface area contributed by atoms with E-state index in [2.05, 4.69) is 25.5 Å². The molecule has 0 saturated carbocycles. The Morgan fingerprint density at radius 1 is 1.20 bits per heavy atom. The number of hydrogen-bond acceptors (Lipinski definition) is 4. The van der Waals surface area contributed by atoms with Gasteiger partial charge in [0.05, 0.1) is 0 Å². The smallest absolute Gasteiger partial charge is 0.236 e. The normalized spacial score (nSPS) is 12.2. The number of fused-ring (bicyclic) bond motifs is 1. The lowest BCUT2D eigenvalue weighted by molar-refractivity contribution is -0.142. The third-order valence-corrected chi connectivity index (χ3v) is 2.68. The van der Waals surface area contributed by atoms with E-state index in [-0.39, 0.29) is 11.6 Å². The summed E-state index contributed by atoms with van der Waals surface area (Å²) in [5, 5.41) is 14.0. The van der Waals surface area contributed by atoms with Gasteiger partial charge in [0.25, 0.3) is 0 Å². The van der Waals surface area contributed by atoms with Crippen molar-refractivity contribution >= 4 is 11.0 Å². The summed E-state index contributed by atoms with van der Waals surface area (Å²) in [6, 6.07) is 4.92. The van der Waals surface area contributed by atoms with Gasteiger partial charge in [0.15, 0.2) is 5.82 Å². The van der Waals surface area contributed by atoms with E-state index in [0.717, 1.165) is 4.68 Å². The molecule has 6 nitrogen and oxygen atoms in total. The van der Waals surface area contributed by atoms with Crippen molar-refractivity contribution < 1.29 is 13.2 Å². The number of alkyl halides is 3. The number of aryl methyl sites for hydroxylation is 1. The highest BCUT2D eigenvalue weighted by molar-refractivity contribution is 5.79. The topological polar surface area (TPSA) is 72.3 Å². The van der Waals surface area contributed by atoms with E-state index < -0.39 is 12.7 Å². The van der Waals surface area contributed by atoms with E-state index in [0.29, 0.717) is 16.6 Å². The Bertz CT molecular complexity index is 757. The van der Waals surface area contributed by atoms with Crippen molar-refractivity contribution in [2.24, 2.45) is 0 Å². The quantitative estimate of drug-likeness (QED) is 0.781. The number of nitrogens with zero attached hydrogens (tertiary/aromatic N) is 5. The number of nitrogens with one attached hydrogen (secondary N) is 1. The Hall–Kier alpha value is -2.45. The van der Waals surface area contributed by atoms with E-state index >= 15 is 0 Å². The molecule has 2 heterocycles. The zero-order chi connectivity index (χ0) is 14.3. The highest BCUT2D eigenvalue weighted by Gasteiger charge is 2.30. The molecule has 0 radical (unpaired) electrons. The van der Waals surface area contributed by atoms with Gasteiger partial charge in [-0.2, -0.15) is 33.7 Å². The van der Waals surface area contributed by atoms with Gasteiger partial charge in [0, 0.05) is 5.56 Å². The monoisotopic (exact) mass is 282 g/mol. The predicted molar refractivity (Wildman–Crippen MR) is 63.7 cm³/mol. The van der Waals surface area contributed by atoms with Crippen LogP contribution in [0.3, 0.4) is 0 Å². The molecule has 104 valence electrons. The molecule has 3 rings (SSSR count). The zero-order valence-corrected chi connectivity index (χ0v) is 10.3. The van der Waals surface area contributed by atoms with Gasteiger partial charge in [-0.1, -0.05) is 0 Å². The summed E-state index contributed by atoms with van der Waals surface area (Å²) in [7, 11) is 0. The minimum Gasteiger partial charge on any atom is -0.236 e. The SMILES string of the molecule is Cc1nc(-c2ccc3n[nH]nc3c2)n(CC(F)(F)F)n1. The third kappa shape index (κ3) is 2.33. The van der Waals surface area contributed by atoms with Gasteiger partial charge in [-0.25, -0.2) is 9.67 Å². The lowest BCUT2D eigenvalue weighted by Gasteiger charge is -2.08. The average Bonchev–Trinajstić information content (AvgIpc) is 2.92. The van der Waals surface area contributed by atoms with Crippen LogP contribution in [0.2, 0.25) is 0 Å². The molecule has 0 fully saturated rings. The first kappa shape index (κ1) is 12.6. The molecule has 0 spiro atoms. The molecule has 20 heavy (non-hydrogen) atoms. The van der Waals surface area contributed by atoms with E-state index in [1.165, 1.54) is 0 Å². The second kappa shape index (κ2) is 4.29. The highest BCUT2D eigenvalue weighted by Crippen LogP contribution is 2.24. The second-order valence-electron chi connectivity index (χ2n) is 4.28. The van der Waals surface area contributed by atoms with Gasteiger partial charge in [-0.3, -0.25) is 0 Å². The molecule has 0 bridgehead atoms. The van der Waals surface area contributed by atoms with E-state index in [4.69, 9.17) is 0 Å². The van der Waals surface area contributed by atoms with Gasteiger partial charge in [0.2, 0.25) is 0 Å². The summed E-state index contributed by atoms with van der Waals surface area (Å²) in [4.78, 5) is 4.05. The largest absolute Gasteiger partial charge is 0.408 e. The third-order valence-electron chi connectivity index (χ3n) is 2.68. The standard InChI is InChI=1S/C11H9F3N6/c1-6-15-10(20(18-6)5-11(12,13)14)7-2-3-8-9(4-7)17-19-16-8/h2-4H,5H2,1H3,(H,16,17,19). The minimum atomic E-state index is -4.35. The average molecular weight is 282 g/mol. The number of aromatic amines is 1. The number of hydrogen-bond donors (Lipinski definition) is 1. The van der Waals surface area contributed by atoms with Crippen molar-refractivity contribution in [3.8, 4) is 11.4 Å². The van der Waals surface area contributed by atoms with Crippen molar-refractivity contribution in [1.29, 1.82) is 0 Å². The fourth-order valence-electron chi connectivity index (χ4n) is 1.93. The molecule has 0 unspecified atom stereocenters. The molecular formula is C11H9F3N6. The van der Waals surface area contributed by atoms with Gasteiger partial charge < -0.3 is 0 Å². The molecule has 0 amide bonds. The van der Waals surface area contributed by atoms with Crippen LogP contribution in [0.5, 0.6) is 0 Å². The molecule has 1 aromatic carbocycles. The van der Waals surface area contributed by atoms with Crippen LogP contribution >= 0.6 is 0 Å². The summed E-state index contributed by atoms with van der Waals surface area (Å²) >= 11 is 0. The summed E-state index contributed by atoms with van der Waals surface area (Å²) in [5.41, 5.74) is 1.70. The number of aromatic nitrogens is 6.